The Morgan fingerprint density at radius 2 is 1.88 bits per heavy atom. The topological polar surface area (TPSA) is 100 Å². The summed E-state index contributed by atoms with van der Waals surface area (Å²) in [7, 11) is 1.27. The second-order valence-corrected chi connectivity index (χ2v) is 8.75. The smallest absolute Gasteiger partial charge is 0.328 e. The summed E-state index contributed by atoms with van der Waals surface area (Å²) in [5.74, 6) is -2.02. The zero-order chi connectivity index (χ0) is 24.2. The lowest BCUT2D eigenvalue weighted by Crippen LogP contribution is -2.43. The Bertz CT molecular complexity index is 1380. The van der Waals surface area contributed by atoms with Crippen LogP contribution in [0.25, 0.3) is 10.9 Å². The van der Waals surface area contributed by atoms with E-state index in [0.717, 1.165) is 33.9 Å². The van der Waals surface area contributed by atoms with Crippen LogP contribution in [0.15, 0.2) is 60.8 Å². The first-order valence-electron chi connectivity index (χ1n) is 10.5. The van der Waals surface area contributed by atoms with E-state index < -0.39 is 29.6 Å². The molecule has 4 rings (SSSR count). The Morgan fingerprint density at radius 1 is 1.09 bits per heavy atom. The molecule has 0 aliphatic heterocycles. The predicted octanol–water partition coefficient (Wildman–Crippen LogP) is 4.44. The number of thiophene rings is 1. The van der Waals surface area contributed by atoms with Crippen molar-refractivity contribution in [1.29, 1.82) is 0 Å². The Morgan fingerprint density at radius 3 is 2.65 bits per heavy atom. The van der Waals surface area contributed by atoms with Crippen molar-refractivity contribution in [1.82, 2.24) is 10.3 Å². The first-order valence-corrected chi connectivity index (χ1v) is 11.3. The van der Waals surface area contributed by atoms with Crippen LogP contribution >= 0.6 is 11.3 Å². The number of ether oxygens (including phenoxy) is 1. The lowest BCUT2D eigenvalue weighted by molar-refractivity contribution is -0.142. The van der Waals surface area contributed by atoms with E-state index >= 15 is 0 Å². The maximum absolute atomic E-state index is 13.4. The van der Waals surface area contributed by atoms with Gasteiger partial charge >= 0.3 is 5.97 Å². The Hall–Kier alpha value is -3.98. The molecule has 3 N–H and O–H groups in total. The first-order chi connectivity index (χ1) is 16.4. The number of aromatic nitrogens is 1. The number of H-pyrrole nitrogens is 1. The highest BCUT2D eigenvalue weighted by Crippen LogP contribution is 2.27. The number of benzene rings is 2. The molecular formula is C25H22FN3O4S. The molecule has 2 amide bonds. The summed E-state index contributed by atoms with van der Waals surface area (Å²) in [4.78, 5) is 41.4. The zero-order valence-corrected chi connectivity index (χ0v) is 19.3. The maximum Gasteiger partial charge on any atom is 0.328 e. The third kappa shape index (κ3) is 4.99. The number of aromatic amines is 1. The van der Waals surface area contributed by atoms with Gasteiger partial charge in [-0.15, -0.1) is 11.3 Å². The number of aryl methyl sites for hydroxylation is 1. The van der Waals surface area contributed by atoms with Crippen molar-refractivity contribution in [3.05, 3.63) is 88.2 Å². The third-order valence-electron chi connectivity index (χ3n) is 5.34. The summed E-state index contributed by atoms with van der Waals surface area (Å²) in [5, 5.41) is 6.83. The van der Waals surface area contributed by atoms with Crippen LogP contribution in [-0.4, -0.2) is 35.9 Å². The van der Waals surface area contributed by atoms with Gasteiger partial charge in [-0.25, -0.2) is 9.18 Å². The number of para-hydroxylation sites is 1. The lowest BCUT2D eigenvalue weighted by atomic mass is 10.0. The van der Waals surface area contributed by atoms with Gasteiger partial charge in [0.05, 0.1) is 17.0 Å². The van der Waals surface area contributed by atoms with Gasteiger partial charge in [-0.2, -0.15) is 0 Å². The minimum Gasteiger partial charge on any atom is -0.467 e. The highest BCUT2D eigenvalue weighted by atomic mass is 32.1. The number of carbonyl (C=O) groups is 3. The summed E-state index contributed by atoms with van der Waals surface area (Å²) in [6.07, 6.45) is 2.05. The predicted molar refractivity (Wildman–Crippen MR) is 129 cm³/mol. The van der Waals surface area contributed by atoms with Gasteiger partial charge < -0.3 is 20.4 Å². The standard InChI is InChI=1S/C25H22FN3O4S/c1-14-10-21(29-23(30)15-6-5-7-17(26)11-15)34-22(14)24(31)28-20(25(32)33-2)12-16-13-27-19-9-4-3-8-18(16)19/h3-11,13,20,27H,12H2,1-2H3,(H,28,31)(H,29,30)/t20-/m1/s1. The number of amides is 2. The minimum absolute atomic E-state index is 0.168. The minimum atomic E-state index is -0.899. The van der Waals surface area contributed by atoms with Crippen molar-refractivity contribution in [2.75, 3.05) is 12.4 Å². The molecule has 0 aliphatic rings. The van der Waals surface area contributed by atoms with Gasteiger partial charge in [0.15, 0.2) is 0 Å². The van der Waals surface area contributed by atoms with Crippen LogP contribution < -0.4 is 10.6 Å². The van der Waals surface area contributed by atoms with Gasteiger partial charge in [-0.1, -0.05) is 24.3 Å². The maximum atomic E-state index is 13.4. The van der Waals surface area contributed by atoms with Crippen LogP contribution in [0.2, 0.25) is 0 Å². The van der Waals surface area contributed by atoms with E-state index in [2.05, 4.69) is 15.6 Å². The van der Waals surface area contributed by atoms with E-state index in [9.17, 15) is 18.8 Å². The van der Waals surface area contributed by atoms with E-state index in [-0.39, 0.29) is 12.0 Å². The molecule has 0 spiro atoms. The average Bonchev–Trinajstić information content (AvgIpc) is 3.41. The number of methoxy groups -OCH3 is 1. The average molecular weight is 480 g/mol. The number of fused-ring (bicyclic) bond motifs is 1. The summed E-state index contributed by atoms with van der Waals surface area (Å²) < 4.78 is 18.3. The SMILES string of the molecule is COC(=O)[C@@H](Cc1c[nH]c2ccccc12)NC(=O)c1sc(NC(=O)c2cccc(F)c2)cc1C. The molecule has 0 saturated carbocycles. The van der Waals surface area contributed by atoms with Gasteiger partial charge in [-0.05, 0) is 48.4 Å². The number of halogens is 1. The number of hydrogen-bond donors (Lipinski definition) is 3. The molecular weight excluding hydrogens is 457 g/mol. The van der Waals surface area contributed by atoms with Crippen LogP contribution in [0.4, 0.5) is 9.39 Å². The molecule has 34 heavy (non-hydrogen) atoms. The Kier molecular flexibility index (Phi) is 6.74. The molecule has 2 aromatic heterocycles. The molecule has 0 unspecified atom stereocenters. The van der Waals surface area contributed by atoms with E-state index in [0.29, 0.717) is 15.4 Å². The molecule has 0 bridgehead atoms. The molecule has 1 atom stereocenters. The van der Waals surface area contributed by atoms with Crippen LogP contribution in [0, 0.1) is 12.7 Å². The van der Waals surface area contributed by atoms with Crippen molar-refractivity contribution < 1.29 is 23.5 Å². The van der Waals surface area contributed by atoms with E-state index in [1.807, 2.05) is 30.5 Å². The second-order valence-electron chi connectivity index (χ2n) is 7.70. The molecule has 0 aliphatic carbocycles. The quantitative estimate of drug-likeness (QED) is 0.341. The van der Waals surface area contributed by atoms with Crippen molar-refractivity contribution in [2.45, 2.75) is 19.4 Å². The third-order valence-corrected chi connectivity index (χ3v) is 6.49. The fourth-order valence-corrected chi connectivity index (χ4v) is 4.63. The Balaban J connectivity index is 1.50. The van der Waals surface area contributed by atoms with Crippen LogP contribution in [0.1, 0.15) is 31.2 Å². The van der Waals surface area contributed by atoms with Crippen molar-refractivity contribution in [3.63, 3.8) is 0 Å². The Labute approximate surface area is 198 Å². The van der Waals surface area contributed by atoms with Gasteiger partial charge in [0.2, 0.25) is 0 Å². The number of anilines is 1. The van der Waals surface area contributed by atoms with Crippen LogP contribution in [0.3, 0.4) is 0 Å². The molecule has 0 fully saturated rings. The summed E-state index contributed by atoms with van der Waals surface area (Å²) in [6, 6.07) is 13.8. The number of esters is 1. The number of carbonyl (C=O) groups excluding carboxylic acids is 3. The van der Waals surface area contributed by atoms with E-state index in [4.69, 9.17) is 4.74 Å². The molecule has 7 nitrogen and oxygen atoms in total. The summed E-state index contributed by atoms with van der Waals surface area (Å²) in [6.45, 7) is 1.73. The number of rotatable bonds is 7. The second kappa shape index (κ2) is 9.88. The summed E-state index contributed by atoms with van der Waals surface area (Å²) in [5.41, 5.74) is 2.60. The molecule has 0 radical (unpaired) electrons. The first kappa shape index (κ1) is 23.2. The van der Waals surface area contributed by atoms with Crippen molar-refractivity contribution >= 4 is 45.0 Å². The molecule has 2 heterocycles. The molecule has 2 aromatic carbocycles. The van der Waals surface area contributed by atoms with Gasteiger partial charge in [0, 0.05) is 29.1 Å². The monoisotopic (exact) mass is 479 g/mol. The van der Waals surface area contributed by atoms with Gasteiger partial charge in [0.1, 0.15) is 11.9 Å². The highest BCUT2D eigenvalue weighted by molar-refractivity contribution is 7.18. The van der Waals surface area contributed by atoms with E-state index in [1.165, 1.54) is 25.3 Å². The largest absolute Gasteiger partial charge is 0.467 e. The van der Waals surface area contributed by atoms with Gasteiger partial charge in [0.25, 0.3) is 11.8 Å². The fraction of sp³-hybridized carbons (Fsp3) is 0.160. The summed E-state index contributed by atoms with van der Waals surface area (Å²) >= 11 is 1.07. The zero-order valence-electron chi connectivity index (χ0n) is 18.5. The molecule has 174 valence electrons. The van der Waals surface area contributed by atoms with Crippen molar-refractivity contribution in [3.8, 4) is 0 Å². The molecule has 0 saturated heterocycles. The lowest BCUT2D eigenvalue weighted by Gasteiger charge is -2.16. The number of nitrogens with one attached hydrogen (secondary N) is 3. The van der Waals surface area contributed by atoms with E-state index in [1.54, 1.807) is 13.0 Å². The highest BCUT2D eigenvalue weighted by Gasteiger charge is 2.25. The molecule has 4 aromatic rings. The fourth-order valence-electron chi connectivity index (χ4n) is 3.66. The van der Waals surface area contributed by atoms with Crippen molar-refractivity contribution in [2.24, 2.45) is 0 Å². The van der Waals surface area contributed by atoms with Crippen LogP contribution in [-0.2, 0) is 16.0 Å². The van der Waals surface area contributed by atoms with Crippen LogP contribution in [0.5, 0.6) is 0 Å². The van der Waals surface area contributed by atoms with Gasteiger partial charge in [-0.3, -0.25) is 9.59 Å². The number of hydrogen-bond acceptors (Lipinski definition) is 5. The normalized spacial score (nSPS) is 11.7. The molecule has 9 heteroatoms.